The van der Waals surface area contributed by atoms with Gasteiger partial charge in [-0.25, -0.2) is 0 Å². The standard InChI is InChI=1S/C14H17N3OS/c1-9-4-5-12(8-10(9)2)6-7-15-14(18)13-11(3)16-17-19-13/h4-5,8H,6-7H2,1-3H3,(H,15,18). The second kappa shape index (κ2) is 5.93. The Morgan fingerprint density at radius 3 is 2.68 bits per heavy atom. The van der Waals surface area contributed by atoms with Crippen molar-refractivity contribution in [2.75, 3.05) is 6.54 Å². The summed E-state index contributed by atoms with van der Waals surface area (Å²) < 4.78 is 3.76. The molecule has 0 aliphatic heterocycles. The van der Waals surface area contributed by atoms with E-state index in [1.165, 1.54) is 16.7 Å². The van der Waals surface area contributed by atoms with E-state index in [9.17, 15) is 4.79 Å². The monoisotopic (exact) mass is 275 g/mol. The van der Waals surface area contributed by atoms with E-state index in [2.05, 4.69) is 47.0 Å². The maximum absolute atomic E-state index is 11.9. The van der Waals surface area contributed by atoms with Gasteiger partial charge in [-0.2, -0.15) is 0 Å². The molecule has 1 N–H and O–H groups in total. The smallest absolute Gasteiger partial charge is 0.264 e. The highest BCUT2D eigenvalue weighted by atomic mass is 32.1. The fourth-order valence-corrected chi connectivity index (χ4v) is 2.37. The third kappa shape index (κ3) is 3.38. The van der Waals surface area contributed by atoms with Crippen LogP contribution >= 0.6 is 11.5 Å². The molecule has 1 amide bonds. The summed E-state index contributed by atoms with van der Waals surface area (Å²) in [4.78, 5) is 12.5. The molecule has 0 fully saturated rings. The summed E-state index contributed by atoms with van der Waals surface area (Å²) in [6.45, 7) is 6.62. The molecule has 0 spiro atoms. The van der Waals surface area contributed by atoms with Gasteiger partial charge in [0.1, 0.15) is 4.88 Å². The zero-order valence-corrected chi connectivity index (χ0v) is 12.2. The minimum Gasteiger partial charge on any atom is -0.351 e. The van der Waals surface area contributed by atoms with Crippen LogP contribution in [0.15, 0.2) is 18.2 Å². The van der Waals surface area contributed by atoms with Crippen LogP contribution in [-0.4, -0.2) is 22.0 Å². The predicted molar refractivity (Wildman–Crippen MR) is 76.6 cm³/mol. The maximum Gasteiger partial charge on any atom is 0.264 e. The van der Waals surface area contributed by atoms with Crippen molar-refractivity contribution in [1.29, 1.82) is 0 Å². The van der Waals surface area contributed by atoms with E-state index in [1.807, 2.05) is 0 Å². The van der Waals surface area contributed by atoms with Crippen molar-refractivity contribution in [3.8, 4) is 0 Å². The maximum atomic E-state index is 11.9. The Bertz CT molecular complexity index is 592. The van der Waals surface area contributed by atoms with Crippen LogP contribution in [0.3, 0.4) is 0 Å². The number of aromatic nitrogens is 2. The number of rotatable bonds is 4. The van der Waals surface area contributed by atoms with Crippen LogP contribution in [0.25, 0.3) is 0 Å². The first-order valence-electron chi connectivity index (χ1n) is 6.21. The van der Waals surface area contributed by atoms with E-state index in [0.29, 0.717) is 17.1 Å². The van der Waals surface area contributed by atoms with Gasteiger partial charge in [0, 0.05) is 6.54 Å². The molecule has 2 rings (SSSR count). The van der Waals surface area contributed by atoms with Gasteiger partial charge in [-0.3, -0.25) is 4.79 Å². The predicted octanol–water partition coefficient (Wildman–Crippen LogP) is 2.44. The van der Waals surface area contributed by atoms with Crippen LogP contribution in [0.2, 0.25) is 0 Å². The van der Waals surface area contributed by atoms with E-state index in [1.54, 1.807) is 6.92 Å². The van der Waals surface area contributed by atoms with Crippen LogP contribution in [0.1, 0.15) is 32.1 Å². The minimum atomic E-state index is -0.0867. The van der Waals surface area contributed by atoms with Crippen LogP contribution in [-0.2, 0) is 6.42 Å². The highest BCUT2D eigenvalue weighted by Gasteiger charge is 2.12. The number of hydrogen-bond donors (Lipinski definition) is 1. The first-order valence-corrected chi connectivity index (χ1v) is 6.98. The van der Waals surface area contributed by atoms with Crippen LogP contribution in [0, 0.1) is 20.8 Å². The van der Waals surface area contributed by atoms with Gasteiger partial charge in [0.05, 0.1) is 5.69 Å². The Morgan fingerprint density at radius 1 is 1.26 bits per heavy atom. The Labute approximate surface area is 117 Å². The van der Waals surface area contributed by atoms with Gasteiger partial charge < -0.3 is 5.32 Å². The van der Waals surface area contributed by atoms with E-state index < -0.39 is 0 Å². The number of aryl methyl sites for hydroxylation is 3. The Morgan fingerprint density at radius 2 is 2.05 bits per heavy atom. The first kappa shape index (κ1) is 13.7. The Kier molecular flexibility index (Phi) is 4.27. The van der Waals surface area contributed by atoms with Gasteiger partial charge in [0.25, 0.3) is 5.91 Å². The average molecular weight is 275 g/mol. The molecule has 1 aromatic heterocycles. The number of nitrogens with zero attached hydrogens (tertiary/aromatic N) is 2. The highest BCUT2D eigenvalue weighted by Crippen LogP contribution is 2.11. The van der Waals surface area contributed by atoms with Crippen molar-refractivity contribution in [1.82, 2.24) is 14.9 Å². The molecule has 0 aliphatic carbocycles. The lowest BCUT2D eigenvalue weighted by molar-refractivity contribution is 0.0957. The van der Waals surface area contributed by atoms with Crippen molar-refractivity contribution in [3.05, 3.63) is 45.5 Å². The summed E-state index contributed by atoms with van der Waals surface area (Å²) in [5.74, 6) is -0.0867. The summed E-state index contributed by atoms with van der Waals surface area (Å²) in [7, 11) is 0. The molecule has 0 saturated carbocycles. The number of nitrogens with one attached hydrogen (secondary N) is 1. The molecule has 0 atom stereocenters. The number of amides is 1. The van der Waals surface area contributed by atoms with E-state index in [0.717, 1.165) is 18.0 Å². The summed E-state index contributed by atoms with van der Waals surface area (Å²) in [6, 6.07) is 6.39. The molecule has 4 nitrogen and oxygen atoms in total. The van der Waals surface area contributed by atoms with Crippen molar-refractivity contribution in [2.24, 2.45) is 0 Å². The lowest BCUT2D eigenvalue weighted by Crippen LogP contribution is -2.25. The van der Waals surface area contributed by atoms with Gasteiger partial charge in [0.15, 0.2) is 0 Å². The molecule has 0 bridgehead atoms. The molecule has 100 valence electrons. The van der Waals surface area contributed by atoms with Crippen LogP contribution in [0.5, 0.6) is 0 Å². The normalized spacial score (nSPS) is 10.5. The zero-order chi connectivity index (χ0) is 13.8. The molecular formula is C14H17N3OS. The largest absolute Gasteiger partial charge is 0.351 e. The van der Waals surface area contributed by atoms with Crippen molar-refractivity contribution < 1.29 is 4.79 Å². The molecule has 2 aromatic rings. The SMILES string of the molecule is Cc1ccc(CCNC(=O)c2snnc2C)cc1C. The van der Waals surface area contributed by atoms with Crippen molar-refractivity contribution in [2.45, 2.75) is 27.2 Å². The lowest BCUT2D eigenvalue weighted by atomic mass is 10.0. The summed E-state index contributed by atoms with van der Waals surface area (Å²) in [6.07, 6.45) is 0.831. The number of carbonyl (C=O) groups excluding carboxylic acids is 1. The van der Waals surface area contributed by atoms with Crippen molar-refractivity contribution in [3.63, 3.8) is 0 Å². The van der Waals surface area contributed by atoms with Gasteiger partial charge in [0.2, 0.25) is 0 Å². The fourth-order valence-electron chi connectivity index (χ4n) is 1.80. The molecule has 0 saturated heterocycles. The fraction of sp³-hybridized carbons (Fsp3) is 0.357. The van der Waals surface area contributed by atoms with Gasteiger partial charge in [-0.05, 0) is 55.4 Å². The quantitative estimate of drug-likeness (QED) is 0.932. The van der Waals surface area contributed by atoms with Gasteiger partial charge >= 0.3 is 0 Å². The second-order valence-corrected chi connectivity index (χ2v) is 5.37. The molecule has 19 heavy (non-hydrogen) atoms. The molecule has 1 heterocycles. The number of benzene rings is 1. The highest BCUT2D eigenvalue weighted by molar-refractivity contribution is 7.07. The minimum absolute atomic E-state index is 0.0867. The van der Waals surface area contributed by atoms with E-state index in [4.69, 9.17) is 0 Å². The van der Waals surface area contributed by atoms with Crippen LogP contribution < -0.4 is 5.32 Å². The Hall–Kier alpha value is -1.75. The molecule has 1 aromatic carbocycles. The van der Waals surface area contributed by atoms with Gasteiger partial charge in [-0.15, -0.1) is 5.10 Å². The Balaban J connectivity index is 1.88. The first-order chi connectivity index (χ1) is 9.08. The summed E-state index contributed by atoms with van der Waals surface area (Å²) >= 11 is 1.14. The molecule has 0 radical (unpaired) electrons. The van der Waals surface area contributed by atoms with Gasteiger partial charge in [-0.1, -0.05) is 22.7 Å². The third-order valence-electron chi connectivity index (χ3n) is 3.13. The van der Waals surface area contributed by atoms with E-state index >= 15 is 0 Å². The second-order valence-electron chi connectivity index (χ2n) is 4.61. The third-order valence-corrected chi connectivity index (χ3v) is 3.96. The molecule has 0 aliphatic rings. The van der Waals surface area contributed by atoms with E-state index in [-0.39, 0.29) is 5.91 Å². The molecule has 5 heteroatoms. The topological polar surface area (TPSA) is 54.9 Å². The number of hydrogen-bond acceptors (Lipinski definition) is 4. The van der Waals surface area contributed by atoms with Crippen LogP contribution in [0.4, 0.5) is 0 Å². The molecule has 0 unspecified atom stereocenters. The molecular weight excluding hydrogens is 258 g/mol. The zero-order valence-electron chi connectivity index (χ0n) is 11.4. The number of carbonyl (C=O) groups is 1. The summed E-state index contributed by atoms with van der Waals surface area (Å²) in [5.41, 5.74) is 4.50. The lowest BCUT2D eigenvalue weighted by Gasteiger charge is -2.06. The average Bonchev–Trinajstić information content (AvgIpc) is 2.80. The van der Waals surface area contributed by atoms with Crippen molar-refractivity contribution >= 4 is 17.4 Å². The summed E-state index contributed by atoms with van der Waals surface area (Å²) in [5, 5.41) is 6.73.